The van der Waals surface area contributed by atoms with Crippen LogP contribution in [-0.2, 0) is 21.2 Å². The van der Waals surface area contributed by atoms with Gasteiger partial charge in [-0.2, -0.15) is 0 Å². The molecule has 3 fully saturated rings. The SMILES string of the molecule is CCS(=O)(=O)N1CC[C@@H]2[C@@H](CO[C@@H]2Cc2nnc(C3CC3)o2)C1. The Kier molecular flexibility index (Phi) is 3.93. The number of hydrogen-bond acceptors (Lipinski definition) is 6. The van der Waals surface area contributed by atoms with Crippen molar-refractivity contribution in [3.8, 4) is 0 Å². The molecule has 1 aromatic rings. The van der Waals surface area contributed by atoms with Crippen LogP contribution in [0, 0.1) is 11.8 Å². The fourth-order valence-electron chi connectivity index (χ4n) is 3.72. The Morgan fingerprint density at radius 2 is 2.09 bits per heavy atom. The molecule has 1 aromatic heterocycles. The van der Waals surface area contributed by atoms with Crippen molar-refractivity contribution in [2.24, 2.45) is 11.8 Å². The van der Waals surface area contributed by atoms with E-state index in [9.17, 15) is 8.42 Å². The second-order valence-corrected chi connectivity index (χ2v) is 9.11. The molecule has 0 spiro atoms. The Morgan fingerprint density at radius 1 is 1.26 bits per heavy atom. The number of hydrogen-bond donors (Lipinski definition) is 0. The molecule has 2 aliphatic heterocycles. The summed E-state index contributed by atoms with van der Waals surface area (Å²) in [6.45, 7) is 3.49. The molecule has 23 heavy (non-hydrogen) atoms. The third-order valence-electron chi connectivity index (χ3n) is 5.30. The monoisotopic (exact) mass is 341 g/mol. The van der Waals surface area contributed by atoms with E-state index < -0.39 is 10.0 Å². The van der Waals surface area contributed by atoms with E-state index in [0.717, 1.165) is 25.2 Å². The van der Waals surface area contributed by atoms with Gasteiger partial charge in [0.15, 0.2) is 0 Å². The van der Waals surface area contributed by atoms with E-state index in [1.54, 1.807) is 11.2 Å². The Bertz CT molecular complexity index is 670. The lowest BCUT2D eigenvalue weighted by molar-refractivity contribution is 0.0824. The van der Waals surface area contributed by atoms with Gasteiger partial charge >= 0.3 is 0 Å². The van der Waals surface area contributed by atoms with Crippen LogP contribution in [0.5, 0.6) is 0 Å². The highest BCUT2D eigenvalue weighted by atomic mass is 32.2. The molecule has 0 unspecified atom stereocenters. The fourth-order valence-corrected chi connectivity index (χ4v) is 4.88. The lowest BCUT2D eigenvalue weighted by Gasteiger charge is -2.34. The van der Waals surface area contributed by atoms with Gasteiger partial charge in [0.1, 0.15) is 0 Å². The first-order valence-corrected chi connectivity index (χ1v) is 10.1. The van der Waals surface area contributed by atoms with Gasteiger partial charge in [-0.1, -0.05) is 0 Å². The van der Waals surface area contributed by atoms with Gasteiger partial charge in [0, 0.05) is 24.9 Å². The van der Waals surface area contributed by atoms with E-state index in [2.05, 4.69) is 10.2 Å². The quantitative estimate of drug-likeness (QED) is 0.799. The highest BCUT2D eigenvalue weighted by Gasteiger charge is 2.43. The molecule has 3 heterocycles. The van der Waals surface area contributed by atoms with Crippen LogP contribution in [0.15, 0.2) is 4.42 Å². The van der Waals surface area contributed by atoms with E-state index in [1.165, 1.54) is 0 Å². The standard InChI is InChI=1S/C15H23N3O4S/c1-2-23(19,20)18-6-5-12-11(8-18)9-21-13(12)7-14-16-17-15(22-14)10-3-4-10/h10-13H,2-9H2,1H3/t11-,12-,13-/m1/s1. The van der Waals surface area contributed by atoms with Crippen LogP contribution in [0.1, 0.15) is 43.9 Å². The van der Waals surface area contributed by atoms with Crippen molar-refractivity contribution in [2.45, 2.75) is 44.6 Å². The third kappa shape index (κ3) is 3.04. The predicted octanol–water partition coefficient (Wildman–Crippen LogP) is 1.18. The molecule has 0 amide bonds. The summed E-state index contributed by atoms with van der Waals surface area (Å²) in [6.07, 6.45) is 3.85. The van der Waals surface area contributed by atoms with Gasteiger partial charge in [-0.15, -0.1) is 10.2 Å². The Labute approximate surface area is 136 Å². The van der Waals surface area contributed by atoms with Gasteiger partial charge in [-0.25, -0.2) is 12.7 Å². The number of sulfonamides is 1. The Hall–Kier alpha value is -0.990. The van der Waals surface area contributed by atoms with Gasteiger partial charge < -0.3 is 9.15 Å². The van der Waals surface area contributed by atoms with Crippen LogP contribution >= 0.6 is 0 Å². The average molecular weight is 341 g/mol. The van der Waals surface area contributed by atoms with Crippen LogP contribution in [0.3, 0.4) is 0 Å². The predicted molar refractivity (Wildman–Crippen MR) is 82.3 cm³/mol. The number of piperidine rings is 1. The molecule has 8 heteroatoms. The van der Waals surface area contributed by atoms with E-state index in [0.29, 0.717) is 43.8 Å². The molecule has 3 atom stereocenters. The first-order chi connectivity index (χ1) is 11.1. The second-order valence-electron chi connectivity index (χ2n) is 6.86. The summed E-state index contributed by atoms with van der Waals surface area (Å²) in [7, 11) is -3.10. The van der Waals surface area contributed by atoms with Crippen molar-refractivity contribution in [1.29, 1.82) is 0 Å². The molecule has 0 radical (unpaired) electrons. The smallest absolute Gasteiger partial charge is 0.219 e. The number of aromatic nitrogens is 2. The minimum atomic E-state index is -3.10. The molecule has 0 bridgehead atoms. The molecule has 0 N–H and O–H groups in total. The lowest BCUT2D eigenvalue weighted by atomic mass is 9.84. The number of nitrogens with zero attached hydrogens (tertiary/aromatic N) is 3. The van der Waals surface area contributed by atoms with Crippen molar-refractivity contribution >= 4 is 10.0 Å². The maximum Gasteiger partial charge on any atom is 0.219 e. The molecule has 7 nitrogen and oxygen atoms in total. The van der Waals surface area contributed by atoms with Crippen LogP contribution in [0.2, 0.25) is 0 Å². The lowest BCUT2D eigenvalue weighted by Crippen LogP contribution is -2.45. The molecule has 2 saturated heterocycles. The number of rotatable bonds is 5. The zero-order valence-electron chi connectivity index (χ0n) is 13.3. The number of fused-ring (bicyclic) bond motifs is 1. The summed E-state index contributed by atoms with van der Waals surface area (Å²) in [5.74, 6) is 2.71. The molecule has 1 saturated carbocycles. The van der Waals surface area contributed by atoms with Gasteiger partial charge in [-0.05, 0) is 32.1 Å². The topological polar surface area (TPSA) is 85.5 Å². The second kappa shape index (κ2) is 5.82. The largest absolute Gasteiger partial charge is 0.425 e. The summed E-state index contributed by atoms with van der Waals surface area (Å²) in [6, 6.07) is 0. The molecular weight excluding hydrogens is 318 g/mol. The van der Waals surface area contributed by atoms with Gasteiger partial charge in [-0.3, -0.25) is 0 Å². The number of ether oxygens (including phenoxy) is 1. The summed E-state index contributed by atoms with van der Waals surface area (Å²) >= 11 is 0. The highest BCUT2D eigenvalue weighted by molar-refractivity contribution is 7.89. The third-order valence-corrected chi connectivity index (χ3v) is 7.15. The first-order valence-electron chi connectivity index (χ1n) is 8.48. The van der Waals surface area contributed by atoms with E-state index in [-0.39, 0.29) is 17.8 Å². The van der Waals surface area contributed by atoms with E-state index in [1.807, 2.05) is 0 Å². The zero-order chi connectivity index (χ0) is 16.0. The van der Waals surface area contributed by atoms with Crippen molar-refractivity contribution in [2.75, 3.05) is 25.4 Å². The maximum absolute atomic E-state index is 12.0. The Morgan fingerprint density at radius 3 is 2.83 bits per heavy atom. The van der Waals surface area contributed by atoms with Crippen molar-refractivity contribution in [1.82, 2.24) is 14.5 Å². The van der Waals surface area contributed by atoms with E-state index >= 15 is 0 Å². The zero-order valence-corrected chi connectivity index (χ0v) is 14.2. The van der Waals surface area contributed by atoms with Crippen molar-refractivity contribution < 1.29 is 17.6 Å². The summed E-state index contributed by atoms with van der Waals surface area (Å²) in [4.78, 5) is 0. The minimum absolute atomic E-state index is 0.0685. The molecule has 1 aliphatic carbocycles. The molecule has 3 aliphatic rings. The maximum atomic E-state index is 12.0. The van der Waals surface area contributed by atoms with Crippen LogP contribution < -0.4 is 0 Å². The van der Waals surface area contributed by atoms with Gasteiger partial charge in [0.2, 0.25) is 21.8 Å². The molecular formula is C15H23N3O4S. The van der Waals surface area contributed by atoms with Crippen molar-refractivity contribution in [3.05, 3.63) is 11.8 Å². The van der Waals surface area contributed by atoms with Crippen LogP contribution in [0.25, 0.3) is 0 Å². The highest BCUT2D eigenvalue weighted by Crippen LogP contribution is 2.40. The normalized spacial score (nSPS) is 32.1. The van der Waals surface area contributed by atoms with Crippen LogP contribution in [-0.4, -0.2) is 54.5 Å². The molecule has 0 aromatic carbocycles. The van der Waals surface area contributed by atoms with E-state index in [4.69, 9.17) is 9.15 Å². The summed E-state index contributed by atoms with van der Waals surface area (Å²) in [5.41, 5.74) is 0. The molecule has 128 valence electrons. The van der Waals surface area contributed by atoms with Gasteiger partial charge in [0.25, 0.3) is 0 Å². The first kappa shape index (κ1) is 15.5. The molecule has 4 rings (SSSR count). The fraction of sp³-hybridized carbons (Fsp3) is 0.867. The van der Waals surface area contributed by atoms with Gasteiger partial charge in [0.05, 0.1) is 24.9 Å². The summed E-state index contributed by atoms with van der Waals surface area (Å²) < 4.78 is 37.4. The van der Waals surface area contributed by atoms with Crippen molar-refractivity contribution in [3.63, 3.8) is 0 Å². The Balaban J connectivity index is 1.39. The minimum Gasteiger partial charge on any atom is -0.425 e. The average Bonchev–Trinajstić information content (AvgIpc) is 3.18. The summed E-state index contributed by atoms with van der Waals surface area (Å²) in [5, 5.41) is 8.26. The van der Waals surface area contributed by atoms with Crippen LogP contribution in [0.4, 0.5) is 0 Å².